The highest BCUT2D eigenvalue weighted by molar-refractivity contribution is 6.32. The number of benzene rings is 2. The largest absolute Gasteiger partial charge is 0.489 e. The second-order valence-electron chi connectivity index (χ2n) is 6.11. The Morgan fingerprint density at radius 1 is 1.11 bits per heavy atom. The number of rotatable bonds is 1. The first kappa shape index (κ1) is 19.8. The van der Waals surface area contributed by atoms with Crippen molar-refractivity contribution < 1.29 is 23.8 Å². The minimum Gasteiger partial charge on any atom is -0.489 e. The average molecular weight is 402 g/mol. The SMILES string of the molecule is COC(=O)[C@@H]1Cc2ccc(c(Cl)c2)OC/C=C\COc2ccccc2C(=O)N1. The maximum Gasteiger partial charge on any atom is 0.328 e. The third kappa shape index (κ3) is 4.84. The fraction of sp³-hybridized carbons (Fsp3) is 0.238. The lowest BCUT2D eigenvalue weighted by Crippen LogP contribution is -2.43. The predicted octanol–water partition coefficient (Wildman–Crippen LogP) is 3.18. The van der Waals surface area contributed by atoms with E-state index in [1.807, 2.05) is 6.08 Å². The smallest absolute Gasteiger partial charge is 0.328 e. The van der Waals surface area contributed by atoms with Gasteiger partial charge in [0.25, 0.3) is 5.91 Å². The van der Waals surface area contributed by atoms with E-state index in [-0.39, 0.29) is 13.0 Å². The van der Waals surface area contributed by atoms with E-state index in [0.29, 0.717) is 28.7 Å². The molecule has 0 saturated carbocycles. The van der Waals surface area contributed by atoms with Gasteiger partial charge in [0.05, 0.1) is 17.7 Å². The van der Waals surface area contributed by atoms with Crippen molar-refractivity contribution in [2.45, 2.75) is 12.5 Å². The summed E-state index contributed by atoms with van der Waals surface area (Å²) in [5.41, 5.74) is 1.10. The van der Waals surface area contributed by atoms with E-state index in [0.717, 1.165) is 5.56 Å². The van der Waals surface area contributed by atoms with Crippen molar-refractivity contribution in [3.63, 3.8) is 0 Å². The average Bonchev–Trinajstić information content (AvgIpc) is 2.70. The summed E-state index contributed by atoms with van der Waals surface area (Å²) in [6.45, 7) is 0.593. The van der Waals surface area contributed by atoms with E-state index in [2.05, 4.69) is 5.32 Å². The van der Waals surface area contributed by atoms with Crippen molar-refractivity contribution in [1.29, 1.82) is 0 Å². The normalized spacial score (nSPS) is 18.2. The molecule has 2 heterocycles. The molecule has 28 heavy (non-hydrogen) atoms. The Balaban J connectivity index is 1.95. The zero-order valence-electron chi connectivity index (χ0n) is 15.3. The molecule has 2 aromatic carbocycles. The van der Waals surface area contributed by atoms with Crippen LogP contribution >= 0.6 is 11.6 Å². The number of esters is 1. The van der Waals surface area contributed by atoms with Crippen molar-refractivity contribution in [2.75, 3.05) is 20.3 Å². The number of carbonyl (C=O) groups excluding carboxylic acids is 2. The second kappa shape index (κ2) is 9.28. The zero-order chi connectivity index (χ0) is 19.9. The molecule has 4 rings (SSSR count). The number of methoxy groups -OCH3 is 1. The van der Waals surface area contributed by atoms with Crippen LogP contribution in [-0.2, 0) is 16.0 Å². The van der Waals surface area contributed by atoms with Gasteiger partial charge in [-0.1, -0.05) is 29.8 Å². The molecule has 1 amide bonds. The maximum atomic E-state index is 12.8. The highest BCUT2D eigenvalue weighted by Crippen LogP contribution is 2.26. The molecular weight excluding hydrogens is 382 g/mol. The van der Waals surface area contributed by atoms with Crippen LogP contribution < -0.4 is 14.8 Å². The number of ether oxygens (including phenoxy) is 3. The van der Waals surface area contributed by atoms with E-state index >= 15 is 0 Å². The summed E-state index contributed by atoms with van der Waals surface area (Å²) >= 11 is 6.27. The number of halogens is 1. The van der Waals surface area contributed by atoms with Gasteiger partial charge < -0.3 is 19.5 Å². The Hall–Kier alpha value is -2.99. The van der Waals surface area contributed by atoms with Gasteiger partial charge in [0.2, 0.25) is 0 Å². The fourth-order valence-electron chi connectivity index (χ4n) is 2.79. The zero-order valence-corrected chi connectivity index (χ0v) is 16.1. The van der Waals surface area contributed by atoms with E-state index in [4.69, 9.17) is 25.8 Å². The van der Waals surface area contributed by atoms with Crippen molar-refractivity contribution in [3.8, 4) is 11.5 Å². The Kier molecular flexibility index (Phi) is 6.55. The first-order valence-corrected chi connectivity index (χ1v) is 9.13. The number of carbonyl (C=O) groups is 2. The Labute approximate surface area is 168 Å². The molecule has 2 bridgehead atoms. The molecule has 0 saturated heterocycles. The molecule has 0 radical (unpaired) electrons. The number of para-hydroxylation sites is 1. The summed E-state index contributed by atoms with van der Waals surface area (Å²) in [6.07, 6.45) is 3.83. The van der Waals surface area contributed by atoms with Gasteiger partial charge in [-0.3, -0.25) is 4.79 Å². The Morgan fingerprint density at radius 3 is 2.54 bits per heavy atom. The molecule has 0 fully saturated rings. The third-order valence-corrected chi connectivity index (χ3v) is 4.49. The van der Waals surface area contributed by atoms with Crippen LogP contribution in [0.15, 0.2) is 54.6 Å². The summed E-state index contributed by atoms with van der Waals surface area (Å²) in [4.78, 5) is 25.0. The molecule has 146 valence electrons. The van der Waals surface area contributed by atoms with Gasteiger partial charge in [0.1, 0.15) is 30.8 Å². The maximum absolute atomic E-state index is 12.8. The summed E-state index contributed by atoms with van der Waals surface area (Å²) in [6, 6.07) is 11.2. The molecule has 2 aliphatic heterocycles. The van der Waals surface area contributed by atoms with E-state index in [9.17, 15) is 9.59 Å². The van der Waals surface area contributed by atoms with Gasteiger partial charge in [0.15, 0.2) is 0 Å². The lowest BCUT2D eigenvalue weighted by molar-refractivity contribution is -0.142. The Bertz CT molecular complexity index is 896. The first-order valence-electron chi connectivity index (χ1n) is 8.75. The fourth-order valence-corrected chi connectivity index (χ4v) is 3.05. The quantitative estimate of drug-likeness (QED) is 0.587. The van der Waals surface area contributed by atoms with Crippen molar-refractivity contribution in [2.24, 2.45) is 0 Å². The predicted molar refractivity (Wildman–Crippen MR) is 105 cm³/mol. The molecule has 0 unspecified atom stereocenters. The molecule has 6 nitrogen and oxygen atoms in total. The third-order valence-electron chi connectivity index (χ3n) is 4.20. The summed E-state index contributed by atoms with van der Waals surface area (Å²) in [5.74, 6) is -0.0138. The van der Waals surface area contributed by atoms with E-state index < -0.39 is 17.9 Å². The van der Waals surface area contributed by atoms with Crippen molar-refractivity contribution in [3.05, 3.63) is 70.8 Å². The highest BCUT2D eigenvalue weighted by atomic mass is 35.5. The van der Waals surface area contributed by atoms with Crippen LogP contribution in [0, 0.1) is 0 Å². The standard InChI is InChI=1S/C21H20ClNO5/c1-26-21(25)17-13-14-8-9-19(16(22)12-14)28-11-5-4-10-27-18-7-3-2-6-15(18)20(24)23-17/h2-9,12,17H,10-11,13H2,1H3,(H,23,24)/b5-4-/t17-/m0/s1. The topological polar surface area (TPSA) is 73.9 Å². The van der Waals surface area contributed by atoms with Gasteiger partial charge in [-0.15, -0.1) is 0 Å². The summed E-state index contributed by atoms with van der Waals surface area (Å²) < 4.78 is 16.2. The minimum atomic E-state index is -0.874. The minimum absolute atomic E-state index is 0.224. The van der Waals surface area contributed by atoms with Crippen LogP contribution in [-0.4, -0.2) is 38.2 Å². The lowest BCUT2D eigenvalue weighted by atomic mass is 10.0. The summed E-state index contributed by atoms with van der Waals surface area (Å²) in [7, 11) is 1.28. The van der Waals surface area contributed by atoms with Crippen molar-refractivity contribution >= 4 is 23.5 Å². The molecule has 0 aliphatic carbocycles. The van der Waals surface area contributed by atoms with E-state index in [1.54, 1.807) is 48.5 Å². The van der Waals surface area contributed by atoms with Gasteiger partial charge >= 0.3 is 5.97 Å². The van der Waals surface area contributed by atoms with Crippen LogP contribution in [0.4, 0.5) is 0 Å². The molecule has 7 heteroatoms. The number of amides is 1. The number of fused-ring (bicyclic) bond motifs is 9. The Morgan fingerprint density at radius 2 is 1.82 bits per heavy atom. The van der Waals surface area contributed by atoms with E-state index in [1.165, 1.54) is 7.11 Å². The van der Waals surface area contributed by atoms with Crippen LogP contribution in [0.5, 0.6) is 11.5 Å². The van der Waals surface area contributed by atoms with Crippen LogP contribution in [0.2, 0.25) is 5.02 Å². The van der Waals surface area contributed by atoms with Gasteiger partial charge in [-0.25, -0.2) is 4.79 Å². The molecule has 1 N–H and O–H groups in total. The second-order valence-corrected chi connectivity index (χ2v) is 6.51. The van der Waals surface area contributed by atoms with Crippen molar-refractivity contribution in [1.82, 2.24) is 5.32 Å². The number of hydrogen-bond acceptors (Lipinski definition) is 5. The van der Waals surface area contributed by atoms with Gasteiger partial charge in [0, 0.05) is 6.42 Å². The van der Waals surface area contributed by atoms with Crippen LogP contribution in [0.1, 0.15) is 15.9 Å². The molecule has 0 aromatic heterocycles. The first-order chi connectivity index (χ1) is 13.6. The monoisotopic (exact) mass is 401 g/mol. The number of nitrogens with one attached hydrogen (secondary N) is 1. The molecule has 1 atom stereocenters. The van der Waals surface area contributed by atoms with Gasteiger partial charge in [-0.05, 0) is 42.0 Å². The van der Waals surface area contributed by atoms with Crippen LogP contribution in [0.25, 0.3) is 0 Å². The van der Waals surface area contributed by atoms with Gasteiger partial charge in [-0.2, -0.15) is 0 Å². The summed E-state index contributed by atoms with van der Waals surface area (Å²) in [5, 5.41) is 3.15. The molecule has 2 aliphatic rings. The van der Waals surface area contributed by atoms with Crippen LogP contribution in [0.3, 0.4) is 0 Å². The molecular formula is C21H20ClNO5. The molecule has 0 spiro atoms. The lowest BCUT2D eigenvalue weighted by Gasteiger charge is -2.18. The molecule has 2 aromatic rings. The highest BCUT2D eigenvalue weighted by Gasteiger charge is 2.24. The number of hydrogen-bond donors (Lipinski definition) is 1.